The SMILES string of the molecule is COC(=O)CC(c1c(F)cccc1Cl)C1C(O)NNC1Cc1ccccc1. The molecule has 1 aliphatic heterocycles. The van der Waals surface area contributed by atoms with Crippen molar-refractivity contribution in [2.24, 2.45) is 5.92 Å². The third-order valence-corrected chi connectivity index (χ3v) is 5.32. The van der Waals surface area contributed by atoms with E-state index in [0.29, 0.717) is 6.42 Å². The van der Waals surface area contributed by atoms with Gasteiger partial charge in [-0.05, 0) is 24.1 Å². The standard InChI is InChI=1S/C20H22ClFN2O3/c1-27-17(25)11-13(18-14(21)8-5-9-15(18)22)19-16(23-24-20(19)26)10-12-6-3-2-4-7-12/h2-9,13,16,19-20,23-24,26H,10-11H2,1H3. The Morgan fingerprint density at radius 2 is 1.96 bits per heavy atom. The monoisotopic (exact) mass is 392 g/mol. The molecule has 1 aliphatic rings. The third kappa shape index (κ3) is 4.47. The Kier molecular flexibility index (Phi) is 6.44. The Labute approximate surface area is 162 Å². The number of halogens is 2. The molecule has 1 saturated heterocycles. The van der Waals surface area contributed by atoms with E-state index in [1.54, 1.807) is 6.07 Å². The van der Waals surface area contributed by atoms with Gasteiger partial charge in [0.25, 0.3) is 0 Å². The molecule has 0 amide bonds. The van der Waals surface area contributed by atoms with Crippen molar-refractivity contribution in [2.45, 2.75) is 31.0 Å². The largest absolute Gasteiger partial charge is 0.469 e. The molecule has 5 nitrogen and oxygen atoms in total. The summed E-state index contributed by atoms with van der Waals surface area (Å²) < 4.78 is 19.4. The Hall–Kier alpha value is -1.99. The van der Waals surface area contributed by atoms with Gasteiger partial charge in [0.2, 0.25) is 0 Å². The van der Waals surface area contributed by atoms with Crippen molar-refractivity contribution in [1.29, 1.82) is 0 Å². The first-order valence-electron chi connectivity index (χ1n) is 8.75. The van der Waals surface area contributed by atoms with Crippen LogP contribution in [0.15, 0.2) is 48.5 Å². The van der Waals surface area contributed by atoms with Gasteiger partial charge in [0.15, 0.2) is 0 Å². The lowest BCUT2D eigenvalue weighted by Crippen LogP contribution is -2.36. The molecule has 7 heteroatoms. The number of methoxy groups -OCH3 is 1. The summed E-state index contributed by atoms with van der Waals surface area (Å²) >= 11 is 6.27. The second-order valence-electron chi connectivity index (χ2n) is 6.63. The first kappa shape index (κ1) is 19.8. The molecule has 4 atom stereocenters. The van der Waals surface area contributed by atoms with Gasteiger partial charge in [0.05, 0.1) is 13.5 Å². The van der Waals surface area contributed by atoms with Crippen LogP contribution in [0.25, 0.3) is 0 Å². The number of aliphatic hydroxyl groups excluding tert-OH is 1. The highest BCUT2D eigenvalue weighted by molar-refractivity contribution is 6.31. The number of benzene rings is 2. The van der Waals surface area contributed by atoms with Gasteiger partial charge in [0, 0.05) is 28.5 Å². The Bertz CT molecular complexity index is 770. The van der Waals surface area contributed by atoms with Gasteiger partial charge in [-0.2, -0.15) is 0 Å². The molecule has 3 rings (SSSR count). The van der Waals surface area contributed by atoms with Crippen LogP contribution < -0.4 is 10.9 Å². The number of hydrazine groups is 1. The average molecular weight is 393 g/mol. The molecule has 0 bridgehead atoms. The van der Waals surface area contributed by atoms with Crippen molar-refractivity contribution >= 4 is 17.6 Å². The van der Waals surface area contributed by atoms with Gasteiger partial charge >= 0.3 is 5.97 Å². The van der Waals surface area contributed by atoms with Crippen molar-refractivity contribution in [1.82, 2.24) is 10.9 Å². The van der Waals surface area contributed by atoms with Crippen molar-refractivity contribution in [3.05, 3.63) is 70.5 Å². The first-order valence-corrected chi connectivity index (χ1v) is 9.12. The zero-order valence-corrected chi connectivity index (χ0v) is 15.6. The molecule has 1 fully saturated rings. The van der Waals surface area contributed by atoms with Crippen LogP contribution in [0.2, 0.25) is 5.02 Å². The number of ether oxygens (including phenoxy) is 1. The van der Waals surface area contributed by atoms with Gasteiger partial charge in [-0.3, -0.25) is 10.2 Å². The van der Waals surface area contributed by atoms with E-state index in [1.165, 1.54) is 19.2 Å². The van der Waals surface area contributed by atoms with Crippen molar-refractivity contribution in [3.8, 4) is 0 Å². The smallest absolute Gasteiger partial charge is 0.306 e. The van der Waals surface area contributed by atoms with E-state index in [0.717, 1.165) is 5.56 Å². The molecule has 0 spiro atoms. The van der Waals surface area contributed by atoms with Crippen LogP contribution in [0.4, 0.5) is 4.39 Å². The predicted octanol–water partition coefficient (Wildman–Crippen LogP) is 2.78. The lowest BCUT2D eigenvalue weighted by molar-refractivity contribution is -0.141. The summed E-state index contributed by atoms with van der Waals surface area (Å²) in [7, 11) is 1.28. The fraction of sp³-hybridized carbons (Fsp3) is 0.350. The summed E-state index contributed by atoms with van der Waals surface area (Å²) in [5, 5.41) is 10.8. The maximum atomic E-state index is 14.6. The van der Waals surface area contributed by atoms with Gasteiger partial charge in [-0.1, -0.05) is 48.0 Å². The first-order chi connectivity index (χ1) is 13.0. The predicted molar refractivity (Wildman–Crippen MR) is 100 cm³/mol. The number of hydrogen-bond donors (Lipinski definition) is 3. The number of rotatable bonds is 6. The van der Waals surface area contributed by atoms with Crippen molar-refractivity contribution in [3.63, 3.8) is 0 Å². The quantitative estimate of drug-likeness (QED) is 0.659. The maximum absolute atomic E-state index is 14.6. The molecule has 0 aromatic heterocycles. The summed E-state index contributed by atoms with van der Waals surface area (Å²) in [5.41, 5.74) is 7.16. The van der Waals surface area contributed by atoms with Crippen molar-refractivity contribution in [2.75, 3.05) is 7.11 Å². The van der Waals surface area contributed by atoms with Crippen LogP contribution in [-0.2, 0) is 16.0 Å². The number of carbonyl (C=O) groups excluding carboxylic acids is 1. The summed E-state index contributed by atoms with van der Waals surface area (Å²) in [5.74, 6) is -2.14. The van der Waals surface area contributed by atoms with Crippen LogP contribution in [-0.4, -0.2) is 30.5 Å². The van der Waals surface area contributed by atoms with E-state index in [2.05, 4.69) is 10.9 Å². The molecule has 2 aromatic rings. The second kappa shape index (κ2) is 8.80. The molecular formula is C20H22ClFN2O3. The lowest BCUT2D eigenvalue weighted by Gasteiger charge is -2.30. The summed E-state index contributed by atoms with van der Waals surface area (Å²) in [6, 6.07) is 13.9. The van der Waals surface area contributed by atoms with Crippen LogP contribution in [0.5, 0.6) is 0 Å². The van der Waals surface area contributed by atoms with Gasteiger partial charge < -0.3 is 9.84 Å². The van der Waals surface area contributed by atoms with E-state index in [1.807, 2.05) is 30.3 Å². The third-order valence-electron chi connectivity index (χ3n) is 4.99. The molecule has 0 saturated carbocycles. The second-order valence-corrected chi connectivity index (χ2v) is 7.04. The highest BCUT2D eigenvalue weighted by atomic mass is 35.5. The number of nitrogens with one attached hydrogen (secondary N) is 2. The van der Waals surface area contributed by atoms with E-state index < -0.39 is 29.9 Å². The molecule has 27 heavy (non-hydrogen) atoms. The summed E-state index contributed by atoms with van der Waals surface area (Å²) in [6.07, 6.45) is -0.462. The van der Waals surface area contributed by atoms with Gasteiger partial charge in [-0.25, -0.2) is 9.82 Å². The molecule has 2 aromatic carbocycles. The Morgan fingerprint density at radius 1 is 1.22 bits per heavy atom. The van der Waals surface area contributed by atoms with E-state index >= 15 is 0 Å². The van der Waals surface area contributed by atoms with Crippen LogP contribution in [0.3, 0.4) is 0 Å². The summed E-state index contributed by atoms with van der Waals surface area (Å²) in [6.45, 7) is 0. The molecular weight excluding hydrogens is 371 g/mol. The average Bonchev–Trinajstić information content (AvgIpc) is 3.01. The van der Waals surface area contributed by atoms with E-state index in [9.17, 15) is 14.3 Å². The fourth-order valence-electron chi connectivity index (χ4n) is 3.72. The Morgan fingerprint density at radius 3 is 2.63 bits per heavy atom. The fourth-order valence-corrected chi connectivity index (χ4v) is 4.02. The number of esters is 1. The van der Waals surface area contributed by atoms with Crippen LogP contribution >= 0.6 is 11.6 Å². The van der Waals surface area contributed by atoms with Gasteiger partial charge in [-0.15, -0.1) is 0 Å². The number of carbonyl (C=O) groups is 1. The minimum Gasteiger partial charge on any atom is -0.469 e. The Balaban J connectivity index is 1.97. The van der Waals surface area contributed by atoms with Crippen molar-refractivity contribution < 1.29 is 19.0 Å². The van der Waals surface area contributed by atoms with Gasteiger partial charge in [0.1, 0.15) is 12.0 Å². The molecule has 3 N–H and O–H groups in total. The van der Waals surface area contributed by atoms with Crippen LogP contribution in [0, 0.1) is 11.7 Å². The topological polar surface area (TPSA) is 70.6 Å². The van der Waals surface area contributed by atoms with E-state index in [4.69, 9.17) is 16.3 Å². The molecule has 4 unspecified atom stereocenters. The minimum absolute atomic E-state index is 0.0898. The summed E-state index contributed by atoms with van der Waals surface area (Å²) in [4.78, 5) is 12.0. The van der Waals surface area contributed by atoms with Crippen LogP contribution in [0.1, 0.15) is 23.5 Å². The lowest BCUT2D eigenvalue weighted by atomic mass is 9.77. The highest BCUT2D eigenvalue weighted by Crippen LogP contribution is 2.40. The minimum atomic E-state index is -0.968. The molecule has 0 radical (unpaired) electrons. The maximum Gasteiger partial charge on any atom is 0.306 e. The normalized spacial score (nSPS) is 23.2. The zero-order chi connectivity index (χ0) is 19.4. The zero-order valence-electron chi connectivity index (χ0n) is 14.9. The number of hydrogen-bond acceptors (Lipinski definition) is 5. The molecule has 144 valence electrons. The molecule has 1 heterocycles. The molecule has 0 aliphatic carbocycles. The van der Waals surface area contributed by atoms with E-state index in [-0.39, 0.29) is 23.0 Å². The number of aliphatic hydroxyl groups is 1. The highest BCUT2D eigenvalue weighted by Gasteiger charge is 2.43.